The lowest BCUT2D eigenvalue weighted by molar-refractivity contribution is -0.0818. The first-order chi connectivity index (χ1) is 23.6. The van der Waals surface area contributed by atoms with Gasteiger partial charge in [-0.3, -0.25) is 4.90 Å². The second kappa shape index (κ2) is 13.7. The molecule has 3 aromatic carbocycles. The van der Waals surface area contributed by atoms with Gasteiger partial charge in [0.15, 0.2) is 0 Å². The Morgan fingerprint density at radius 2 is 1.63 bits per heavy atom. The maximum atomic E-state index is 16.7. The van der Waals surface area contributed by atoms with Crippen LogP contribution in [0.2, 0.25) is 5.04 Å². The number of nitrogens with zero attached hydrogens (tertiary/aromatic N) is 2. The Bertz CT molecular complexity index is 1810. The second-order valence-electron chi connectivity index (χ2n) is 14.6. The Kier molecular flexibility index (Phi) is 9.53. The van der Waals surface area contributed by atoms with Gasteiger partial charge in [0.1, 0.15) is 6.10 Å². The first-order valence-corrected chi connectivity index (χ1v) is 20.1. The number of hydrogen-bond acceptors (Lipinski definition) is 6. The van der Waals surface area contributed by atoms with E-state index in [1.165, 1.54) is 16.9 Å². The van der Waals surface area contributed by atoms with Crippen molar-refractivity contribution in [2.45, 2.75) is 76.1 Å². The molecule has 0 amide bonds. The molecule has 0 aliphatic carbocycles. The molecule has 0 radical (unpaired) electrons. The van der Waals surface area contributed by atoms with E-state index in [2.05, 4.69) is 55.1 Å². The van der Waals surface area contributed by atoms with Crippen LogP contribution in [0, 0.1) is 0 Å². The summed E-state index contributed by atoms with van der Waals surface area (Å²) >= 11 is 1.46. The second-order valence-corrected chi connectivity index (χ2v) is 19.9. The molecule has 0 unspecified atom stereocenters. The number of rotatable bonds is 10. The molecule has 2 aromatic heterocycles. The lowest BCUT2D eigenvalue weighted by Gasteiger charge is -2.45. The first-order valence-electron chi connectivity index (χ1n) is 17.4. The fourth-order valence-corrected chi connectivity index (χ4v) is 13.4. The van der Waals surface area contributed by atoms with Crippen molar-refractivity contribution in [2.24, 2.45) is 0 Å². The topological polar surface area (TPSA) is 62.4 Å². The van der Waals surface area contributed by atoms with Gasteiger partial charge in [-0.05, 0) is 59.8 Å². The molecule has 2 N–H and O–H groups in total. The van der Waals surface area contributed by atoms with Crippen molar-refractivity contribution in [3.8, 4) is 5.19 Å². The normalized spacial score (nSPS) is 20.7. The monoisotopic (exact) mass is 700 g/mol. The summed E-state index contributed by atoms with van der Waals surface area (Å²) in [4.78, 5) is 11.1. The van der Waals surface area contributed by atoms with E-state index >= 15 is 8.78 Å². The van der Waals surface area contributed by atoms with Crippen molar-refractivity contribution in [1.82, 2.24) is 20.2 Å². The minimum absolute atomic E-state index is 0.0562. The summed E-state index contributed by atoms with van der Waals surface area (Å²) in [7, 11) is -3.16. The lowest BCUT2D eigenvalue weighted by atomic mass is 9.91. The smallest absolute Gasteiger partial charge is 0.282 e. The molecule has 2 aliphatic rings. The first kappa shape index (κ1) is 34.1. The zero-order valence-corrected chi connectivity index (χ0v) is 30.5. The molecule has 5 aromatic rings. The highest BCUT2D eigenvalue weighted by atomic mass is 32.1. The van der Waals surface area contributed by atoms with Gasteiger partial charge in [0.05, 0.1) is 24.1 Å². The van der Waals surface area contributed by atoms with Crippen LogP contribution in [0.1, 0.15) is 62.7 Å². The number of piperidine rings is 1. The summed E-state index contributed by atoms with van der Waals surface area (Å²) in [6, 6.07) is 27.6. The van der Waals surface area contributed by atoms with Crippen LogP contribution in [0.25, 0.3) is 10.9 Å². The van der Waals surface area contributed by atoms with Crippen LogP contribution in [-0.4, -0.2) is 67.5 Å². The fraction of sp³-hybridized carbons (Fsp3) is 0.410. The predicted molar refractivity (Wildman–Crippen MR) is 197 cm³/mol. The molecule has 0 saturated carbocycles. The average Bonchev–Trinajstić information content (AvgIpc) is 3.70. The number of nitrogens with one attached hydrogen (secondary N) is 2. The fourth-order valence-electron chi connectivity index (χ4n) is 7.86. The molecule has 10 heteroatoms. The van der Waals surface area contributed by atoms with Crippen LogP contribution in [0.15, 0.2) is 91.1 Å². The highest BCUT2D eigenvalue weighted by Gasteiger charge is 2.52. The van der Waals surface area contributed by atoms with Crippen LogP contribution in [0.3, 0.4) is 0 Å². The highest BCUT2D eigenvalue weighted by molar-refractivity contribution is 7.13. The number of hydrogen-bond donors (Lipinski definition) is 2. The van der Waals surface area contributed by atoms with E-state index in [0.29, 0.717) is 11.6 Å². The number of benzene rings is 3. The Labute approximate surface area is 293 Å². The quantitative estimate of drug-likeness (QED) is 0.150. The molecule has 0 spiro atoms. The summed E-state index contributed by atoms with van der Waals surface area (Å²) in [5.74, 6) is -3.14. The summed E-state index contributed by atoms with van der Waals surface area (Å²) in [6.45, 7) is 9.05. The van der Waals surface area contributed by atoms with Crippen molar-refractivity contribution in [3.05, 3.63) is 107 Å². The molecule has 2 aliphatic heterocycles. The molecule has 1 saturated heterocycles. The molecule has 3 atom stereocenters. The standard InChI is InChI=1S/C39H46F2N4O2SSi/c1-27-22-32-31-19-11-12-20-33(31)44-35(32)36(34-24-43-37(48-34)47-28-14-13-21-42-23-28)45(27)25-39(40,41)26-46-49(38(2,3)4,29-15-7-5-8-16-29)30-17-9-6-10-18-30/h5-12,15-20,24,27-28,36,42,44H,13-14,21-23,25-26H2,1-4H3/t27-,28-,36-/m1/s1. The van der Waals surface area contributed by atoms with Crippen molar-refractivity contribution in [3.63, 3.8) is 0 Å². The Morgan fingerprint density at radius 3 is 2.29 bits per heavy atom. The van der Waals surface area contributed by atoms with E-state index < -0.39 is 38.5 Å². The van der Waals surface area contributed by atoms with Crippen LogP contribution in [-0.2, 0) is 10.8 Å². The highest BCUT2D eigenvalue weighted by Crippen LogP contribution is 2.45. The van der Waals surface area contributed by atoms with Gasteiger partial charge in [-0.15, -0.1) is 0 Å². The molecule has 49 heavy (non-hydrogen) atoms. The van der Waals surface area contributed by atoms with Crippen LogP contribution in [0.5, 0.6) is 5.19 Å². The molecular weight excluding hydrogens is 655 g/mol. The third-order valence-electron chi connectivity index (χ3n) is 10.1. The number of fused-ring (bicyclic) bond motifs is 3. The molecular formula is C39H46F2N4O2SSi. The molecule has 1 fully saturated rings. The van der Waals surface area contributed by atoms with Crippen LogP contribution in [0.4, 0.5) is 8.78 Å². The number of aromatic amines is 1. The van der Waals surface area contributed by atoms with Gasteiger partial charge in [-0.2, -0.15) is 0 Å². The number of halogens is 2. The number of thiazole rings is 1. The van der Waals surface area contributed by atoms with E-state index in [-0.39, 0.29) is 12.1 Å². The van der Waals surface area contributed by atoms with E-state index in [4.69, 9.17) is 9.16 Å². The molecule has 6 nitrogen and oxygen atoms in total. The van der Waals surface area contributed by atoms with Crippen molar-refractivity contribution >= 4 is 40.9 Å². The van der Waals surface area contributed by atoms with Gasteiger partial charge >= 0.3 is 0 Å². The maximum Gasteiger partial charge on any atom is 0.282 e. The van der Waals surface area contributed by atoms with Crippen molar-refractivity contribution in [2.75, 3.05) is 26.2 Å². The van der Waals surface area contributed by atoms with Crippen molar-refractivity contribution < 1.29 is 17.9 Å². The zero-order valence-electron chi connectivity index (χ0n) is 28.7. The molecule has 0 bridgehead atoms. The summed E-state index contributed by atoms with van der Waals surface area (Å²) < 4.78 is 46.5. The SMILES string of the molecule is C[C@@H]1Cc2c([nH]c3ccccc23)[C@@H](c2cnc(O[C@@H]3CCCNC3)s2)N1CC(F)(F)CO[Si](c1ccccc1)(c1ccccc1)C(C)(C)C. The summed E-state index contributed by atoms with van der Waals surface area (Å²) in [5.41, 5.74) is 3.16. The largest absolute Gasteiger partial charge is 0.465 e. The number of para-hydroxylation sites is 1. The molecule has 258 valence electrons. The minimum Gasteiger partial charge on any atom is -0.465 e. The third-order valence-corrected chi connectivity index (χ3v) is 16.1. The third kappa shape index (κ3) is 6.73. The van der Waals surface area contributed by atoms with E-state index in [9.17, 15) is 0 Å². The molecule has 7 rings (SSSR count). The number of aromatic nitrogens is 2. The van der Waals surface area contributed by atoms with Gasteiger partial charge in [-0.25, -0.2) is 13.8 Å². The Morgan fingerprint density at radius 1 is 0.959 bits per heavy atom. The van der Waals surface area contributed by atoms with Gasteiger partial charge in [0.2, 0.25) is 0 Å². The van der Waals surface area contributed by atoms with Crippen LogP contribution >= 0.6 is 11.3 Å². The van der Waals surface area contributed by atoms with Gasteiger partial charge in [-0.1, -0.05) is 111 Å². The summed E-state index contributed by atoms with van der Waals surface area (Å²) in [5, 5.41) is 6.69. The summed E-state index contributed by atoms with van der Waals surface area (Å²) in [6.07, 6.45) is 4.56. The van der Waals surface area contributed by atoms with Gasteiger partial charge in [0, 0.05) is 35.4 Å². The lowest BCUT2D eigenvalue weighted by Crippen LogP contribution is -2.67. The number of alkyl halides is 2. The maximum absolute atomic E-state index is 16.7. The van der Waals surface area contributed by atoms with Gasteiger partial charge in [0.25, 0.3) is 19.4 Å². The van der Waals surface area contributed by atoms with E-state index in [0.717, 1.165) is 57.8 Å². The number of ether oxygens (including phenoxy) is 1. The predicted octanol–water partition coefficient (Wildman–Crippen LogP) is 7.30. The number of H-pyrrole nitrogens is 1. The van der Waals surface area contributed by atoms with E-state index in [1.54, 1.807) is 0 Å². The average molecular weight is 701 g/mol. The van der Waals surface area contributed by atoms with Gasteiger partial charge < -0.3 is 19.5 Å². The Balaban J connectivity index is 1.22. The molecule has 4 heterocycles. The minimum atomic E-state index is -3.16. The zero-order chi connectivity index (χ0) is 34.2. The van der Waals surface area contributed by atoms with Crippen molar-refractivity contribution in [1.29, 1.82) is 0 Å². The van der Waals surface area contributed by atoms with Crippen LogP contribution < -0.4 is 20.4 Å². The Hall–Kier alpha value is -3.41. The van der Waals surface area contributed by atoms with E-state index in [1.807, 2.05) is 83.9 Å².